The molecule has 0 aromatic heterocycles. The molecule has 2 N–H and O–H groups in total. The number of carbonyl (C=O) groups excluding carboxylic acids is 1. The molecule has 1 aliphatic rings. The van der Waals surface area contributed by atoms with Gasteiger partial charge < -0.3 is 15.3 Å². The summed E-state index contributed by atoms with van der Waals surface area (Å²) in [4.78, 5) is 24.3. The zero-order valence-electron chi connectivity index (χ0n) is 10.1. The van der Waals surface area contributed by atoms with Crippen LogP contribution in [0.4, 0.5) is 4.79 Å². The molecule has 0 spiro atoms. The lowest BCUT2D eigenvalue weighted by Crippen LogP contribution is -2.44. The molecule has 92 valence electrons. The molecular weight excluding hydrogens is 208 g/mol. The van der Waals surface area contributed by atoms with E-state index in [1.807, 2.05) is 13.8 Å². The van der Waals surface area contributed by atoms with E-state index in [-0.39, 0.29) is 12.1 Å². The molecule has 0 saturated carbocycles. The number of likely N-dealkylation sites (tertiary alicyclic amines) is 1. The minimum atomic E-state index is -0.827. The number of nitrogens with zero attached hydrogens (tertiary/aromatic N) is 1. The number of aliphatic carboxylic acids is 1. The summed E-state index contributed by atoms with van der Waals surface area (Å²) in [6.07, 6.45) is 1.39. The summed E-state index contributed by atoms with van der Waals surface area (Å²) in [6.45, 7) is 6.43. The number of hydrogen-bond acceptors (Lipinski definition) is 2. The van der Waals surface area contributed by atoms with Gasteiger partial charge in [-0.3, -0.25) is 4.79 Å². The number of carbonyl (C=O) groups is 2. The highest BCUT2D eigenvalue weighted by molar-refractivity contribution is 5.79. The summed E-state index contributed by atoms with van der Waals surface area (Å²) in [5.41, 5.74) is -0.785. The van der Waals surface area contributed by atoms with Gasteiger partial charge in [0.05, 0.1) is 5.41 Å². The van der Waals surface area contributed by atoms with Crippen LogP contribution in [0.15, 0.2) is 0 Å². The summed E-state index contributed by atoms with van der Waals surface area (Å²) < 4.78 is 0. The lowest BCUT2D eigenvalue weighted by molar-refractivity contribution is -0.146. The molecule has 2 atom stereocenters. The van der Waals surface area contributed by atoms with Gasteiger partial charge in [-0.2, -0.15) is 0 Å². The Morgan fingerprint density at radius 2 is 2.19 bits per heavy atom. The van der Waals surface area contributed by atoms with Crippen LogP contribution in [0.3, 0.4) is 0 Å². The second-order valence-corrected chi connectivity index (χ2v) is 4.80. The van der Waals surface area contributed by atoms with Crippen molar-refractivity contribution < 1.29 is 14.7 Å². The Hall–Kier alpha value is -1.26. The Labute approximate surface area is 95.8 Å². The topological polar surface area (TPSA) is 69.6 Å². The fourth-order valence-corrected chi connectivity index (χ4v) is 1.71. The van der Waals surface area contributed by atoms with Crippen molar-refractivity contribution in [1.29, 1.82) is 0 Å². The van der Waals surface area contributed by atoms with Crippen LogP contribution in [-0.2, 0) is 4.79 Å². The monoisotopic (exact) mass is 228 g/mol. The van der Waals surface area contributed by atoms with Crippen LogP contribution in [0.2, 0.25) is 0 Å². The van der Waals surface area contributed by atoms with Gasteiger partial charge in [0.2, 0.25) is 0 Å². The molecule has 0 bridgehead atoms. The largest absolute Gasteiger partial charge is 0.481 e. The van der Waals surface area contributed by atoms with Crippen molar-refractivity contribution in [2.75, 3.05) is 13.1 Å². The van der Waals surface area contributed by atoms with E-state index >= 15 is 0 Å². The molecule has 16 heavy (non-hydrogen) atoms. The van der Waals surface area contributed by atoms with E-state index in [0.29, 0.717) is 19.5 Å². The van der Waals surface area contributed by atoms with Crippen molar-refractivity contribution >= 4 is 12.0 Å². The van der Waals surface area contributed by atoms with Gasteiger partial charge in [-0.05, 0) is 26.7 Å². The van der Waals surface area contributed by atoms with E-state index in [1.165, 1.54) is 0 Å². The Bertz CT molecular complexity index is 293. The van der Waals surface area contributed by atoms with Crippen molar-refractivity contribution in [1.82, 2.24) is 10.2 Å². The molecule has 0 aromatic carbocycles. The van der Waals surface area contributed by atoms with Crippen LogP contribution in [0.25, 0.3) is 0 Å². The maximum atomic E-state index is 11.7. The Morgan fingerprint density at radius 1 is 1.56 bits per heavy atom. The maximum Gasteiger partial charge on any atom is 0.317 e. The molecule has 0 aliphatic carbocycles. The van der Waals surface area contributed by atoms with Crippen LogP contribution >= 0.6 is 0 Å². The highest BCUT2D eigenvalue weighted by Gasteiger charge is 2.42. The fourth-order valence-electron chi connectivity index (χ4n) is 1.71. The van der Waals surface area contributed by atoms with Crippen molar-refractivity contribution in [3.05, 3.63) is 0 Å². The lowest BCUT2D eigenvalue weighted by Gasteiger charge is -2.22. The van der Waals surface area contributed by atoms with Gasteiger partial charge in [0.1, 0.15) is 0 Å². The first-order valence-electron chi connectivity index (χ1n) is 5.68. The van der Waals surface area contributed by atoms with Crippen LogP contribution in [0.5, 0.6) is 0 Å². The van der Waals surface area contributed by atoms with E-state index in [9.17, 15) is 9.59 Å². The van der Waals surface area contributed by atoms with Crippen molar-refractivity contribution in [3.63, 3.8) is 0 Å². The third kappa shape index (κ3) is 2.65. The Kier molecular flexibility index (Phi) is 3.78. The van der Waals surface area contributed by atoms with Crippen LogP contribution in [0.1, 0.15) is 33.6 Å². The van der Waals surface area contributed by atoms with Gasteiger partial charge in [0, 0.05) is 19.1 Å². The molecule has 5 heteroatoms. The molecule has 0 radical (unpaired) electrons. The fraction of sp³-hybridized carbons (Fsp3) is 0.818. The van der Waals surface area contributed by atoms with E-state index in [2.05, 4.69) is 5.32 Å². The smallest absolute Gasteiger partial charge is 0.317 e. The summed E-state index contributed by atoms with van der Waals surface area (Å²) in [5.74, 6) is -0.827. The summed E-state index contributed by atoms with van der Waals surface area (Å²) in [7, 11) is 0. The number of carboxylic acid groups (broad SMARTS) is 1. The van der Waals surface area contributed by atoms with Gasteiger partial charge in [0.15, 0.2) is 0 Å². The molecule has 5 nitrogen and oxygen atoms in total. The van der Waals surface area contributed by atoms with Crippen molar-refractivity contribution in [3.8, 4) is 0 Å². The van der Waals surface area contributed by atoms with Crippen LogP contribution < -0.4 is 5.32 Å². The van der Waals surface area contributed by atoms with Crippen LogP contribution in [0, 0.1) is 5.41 Å². The minimum Gasteiger partial charge on any atom is -0.481 e. The van der Waals surface area contributed by atoms with Gasteiger partial charge >= 0.3 is 12.0 Å². The highest BCUT2D eigenvalue weighted by Crippen LogP contribution is 2.29. The van der Waals surface area contributed by atoms with E-state index in [1.54, 1.807) is 11.8 Å². The molecule has 0 aromatic rings. The first kappa shape index (κ1) is 12.8. The summed E-state index contributed by atoms with van der Waals surface area (Å²) in [5, 5.41) is 11.9. The molecule has 1 aliphatic heterocycles. The minimum absolute atomic E-state index is 0.129. The third-order valence-corrected chi connectivity index (χ3v) is 3.26. The van der Waals surface area contributed by atoms with Gasteiger partial charge in [-0.25, -0.2) is 4.79 Å². The second kappa shape index (κ2) is 4.72. The number of rotatable bonds is 3. The lowest BCUT2D eigenvalue weighted by atomic mass is 9.90. The van der Waals surface area contributed by atoms with Gasteiger partial charge in [-0.1, -0.05) is 6.92 Å². The average Bonchev–Trinajstić information content (AvgIpc) is 2.62. The molecule has 1 heterocycles. The van der Waals surface area contributed by atoms with Crippen LogP contribution in [-0.4, -0.2) is 41.1 Å². The van der Waals surface area contributed by atoms with Crippen molar-refractivity contribution in [2.45, 2.75) is 39.7 Å². The molecule has 1 fully saturated rings. The number of urea groups is 1. The van der Waals surface area contributed by atoms with E-state index in [0.717, 1.165) is 6.42 Å². The molecule has 1 rings (SSSR count). The molecule has 2 amide bonds. The van der Waals surface area contributed by atoms with Crippen molar-refractivity contribution in [2.24, 2.45) is 5.41 Å². The zero-order chi connectivity index (χ0) is 12.3. The maximum absolute atomic E-state index is 11.7. The first-order valence-corrected chi connectivity index (χ1v) is 5.68. The number of nitrogens with one attached hydrogen (secondary N) is 1. The number of amides is 2. The van der Waals surface area contributed by atoms with Gasteiger partial charge in [-0.15, -0.1) is 0 Å². The molecule has 1 saturated heterocycles. The normalized spacial score (nSPS) is 26.6. The number of hydrogen-bond donors (Lipinski definition) is 2. The quantitative estimate of drug-likeness (QED) is 0.764. The summed E-state index contributed by atoms with van der Waals surface area (Å²) >= 11 is 0. The predicted molar refractivity (Wildman–Crippen MR) is 60.2 cm³/mol. The average molecular weight is 228 g/mol. The predicted octanol–water partition coefficient (Wildman–Crippen LogP) is 1.29. The highest BCUT2D eigenvalue weighted by atomic mass is 16.4. The van der Waals surface area contributed by atoms with E-state index in [4.69, 9.17) is 5.11 Å². The Morgan fingerprint density at radius 3 is 2.62 bits per heavy atom. The van der Waals surface area contributed by atoms with E-state index < -0.39 is 11.4 Å². The standard InChI is InChI=1S/C11H20N2O3/c1-4-8(2)12-10(16)13-6-5-11(3,7-13)9(14)15/h8H,4-7H2,1-3H3,(H,12,16)(H,14,15). The molecule has 2 unspecified atom stereocenters. The first-order chi connectivity index (χ1) is 7.39. The summed E-state index contributed by atoms with van der Waals surface area (Å²) in [6, 6.07) is -0.0245. The van der Waals surface area contributed by atoms with Gasteiger partial charge in [0.25, 0.3) is 0 Å². The second-order valence-electron chi connectivity index (χ2n) is 4.80. The molecular formula is C11H20N2O3. The number of carboxylic acids is 1. The third-order valence-electron chi connectivity index (χ3n) is 3.26. The zero-order valence-corrected chi connectivity index (χ0v) is 10.1. The Balaban J connectivity index is 2.53. The SMILES string of the molecule is CCC(C)NC(=O)N1CCC(C)(C(=O)O)C1.